The molecule has 2 saturated heterocycles. The van der Waals surface area contributed by atoms with Crippen molar-refractivity contribution in [2.75, 3.05) is 33.4 Å². The molecule has 17 heavy (non-hydrogen) atoms. The minimum Gasteiger partial charge on any atom is -0.381 e. The Kier molecular flexibility index (Phi) is 6.23. The Balaban J connectivity index is 0.00000144. The van der Waals surface area contributed by atoms with Crippen LogP contribution < -0.4 is 5.32 Å². The molecule has 5 heteroatoms. The zero-order valence-electron chi connectivity index (χ0n) is 10.5. The Hall–Kier alpha value is -0.320. The second-order valence-electron chi connectivity index (χ2n) is 4.80. The lowest BCUT2D eigenvalue weighted by Crippen LogP contribution is -2.49. The highest BCUT2D eigenvalue weighted by Crippen LogP contribution is 2.20. The quantitative estimate of drug-likeness (QED) is 0.809. The van der Waals surface area contributed by atoms with Crippen LogP contribution in [0.25, 0.3) is 0 Å². The van der Waals surface area contributed by atoms with E-state index in [9.17, 15) is 4.79 Å². The number of hydrogen-bond acceptors (Lipinski definition) is 3. The smallest absolute Gasteiger partial charge is 0.225 e. The van der Waals surface area contributed by atoms with Crippen molar-refractivity contribution in [3.63, 3.8) is 0 Å². The molecule has 0 unspecified atom stereocenters. The molecule has 0 aromatic rings. The summed E-state index contributed by atoms with van der Waals surface area (Å²) in [5, 5.41) is 3.27. The largest absolute Gasteiger partial charge is 0.381 e. The van der Waals surface area contributed by atoms with Gasteiger partial charge in [-0.3, -0.25) is 4.79 Å². The van der Waals surface area contributed by atoms with Gasteiger partial charge < -0.3 is 15.0 Å². The van der Waals surface area contributed by atoms with Crippen LogP contribution in [-0.2, 0) is 9.53 Å². The van der Waals surface area contributed by atoms with E-state index in [1.807, 2.05) is 11.9 Å². The van der Waals surface area contributed by atoms with Gasteiger partial charge >= 0.3 is 0 Å². The summed E-state index contributed by atoms with van der Waals surface area (Å²) < 4.78 is 5.30. The van der Waals surface area contributed by atoms with Gasteiger partial charge in [-0.25, -0.2) is 0 Å². The number of hydrogen-bond donors (Lipinski definition) is 1. The lowest BCUT2D eigenvalue weighted by molar-refractivity contribution is -0.139. The van der Waals surface area contributed by atoms with E-state index in [0.29, 0.717) is 11.9 Å². The van der Waals surface area contributed by atoms with Gasteiger partial charge in [0.25, 0.3) is 0 Å². The average Bonchev–Trinajstić information content (AvgIpc) is 2.39. The van der Waals surface area contributed by atoms with Crippen LogP contribution in [0.4, 0.5) is 0 Å². The maximum absolute atomic E-state index is 12.3. The Bertz CT molecular complexity index is 245. The second-order valence-corrected chi connectivity index (χ2v) is 4.80. The molecule has 2 rings (SSSR count). The molecule has 1 atom stereocenters. The zero-order valence-corrected chi connectivity index (χ0v) is 11.3. The van der Waals surface area contributed by atoms with Crippen LogP contribution in [0.2, 0.25) is 0 Å². The van der Waals surface area contributed by atoms with E-state index in [2.05, 4.69) is 5.32 Å². The van der Waals surface area contributed by atoms with Crippen molar-refractivity contribution in [1.82, 2.24) is 10.2 Å². The van der Waals surface area contributed by atoms with Gasteiger partial charge in [-0.1, -0.05) is 0 Å². The van der Waals surface area contributed by atoms with Crippen molar-refractivity contribution in [2.24, 2.45) is 5.92 Å². The molecule has 0 saturated carbocycles. The minimum absolute atomic E-state index is 0. The van der Waals surface area contributed by atoms with Crippen LogP contribution in [0.5, 0.6) is 0 Å². The first kappa shape index (κ1) is 14.7. The van der Waals surface area contributed by atoms with Gasteiger partial charge in [-0.2, -0.15) is 0 Å². The van der Waals surface area contributed by atoms with Crippen LogP contribution in [0, 0.1) is 5.92 Å². The summed E-state index contributed by atoms with van der Waals surface area (Å²) in [5.41, 5.74) is 0. The van der Waals surface area contributed by atoms with Crippen molar-refractivity contribution in [3.05, 3.63) is 0 Å². The van der Waals surface area contributed by atoms with Gasteiger partial charge in [0.2, 0.25) is 5.91 Å². The zero-order chi connectivity index (χ0) is 11.4. The molecule has 0 spiro atoms. The number of likely N-dealkylation sites (tertiary alicyclic amines) is 1. The summed E-state index contributed by atoms with van der Waals surface area (Å²) in [6.07, 6.45) is 4.12. The number of nitrogens with zero attached hydrogens (tertiary/aromatic N) is 1. The number of nitrogens with one attached hydrogen (secondary N) is 1. The fourth-order valence-electron chi connectivity index (χ4n) is 2.62. The van der Waals surface area contributed by atoms with Crippen LogP contribution in [0.1, 0.15) is 25.7 Å². The minimum atomic E-state index is 0. The Morgan fingerprint density at radius 3 is 2.65 bits per heavy atom. The number of carbonyl (C=O) groups is 1. The third-order valence-corrected chi connectivity index (χ3v) is 3.71. The number of amides is 1. The predicted molar refractivity (Wildman–Crippen MR) is 69.5 cm³/mol. The number of rotatable bonds is 2. The van der Waals surface area contributed by atoms with E-state index in [1.165, 1.54) is 6.42 Å². The SMILES string of the molecule is CN[C@H]1CCCN(C(=O)C2CCOCC2)C1.Cl. The molecule has 4 nitrogen and oxygen atoms in total. The highest BCUT2D eigenvalue weighted by Gasteiger charge is 2.29. The van der Waals surface area contributed by atoms with Gasteiger partial charge in [0, 0.05) is 38.3 Å². The van der Waals surface area contributed by atoms with Crippen LogP contribution in [-0.4, -0.2) is 50.2 Å². The molecule has 2 fully saturated rings. The lowest BCUT2D eigenvalue weighted by atomic mass is 9.96. The van der Waals surface area contributed by atoms with Gasteiger partial charge in [-0.05, 0) is 32.7 Å². The summed E-state index contributed by atoms with van der Waals surface area (Å²) in [5.74, 6) is 0.563. The highest BCUT2D eigenvalue weighted by molar-refractivity contribution is 5.85. The Morgan fingerprint density at radius 1 is 1.29 bits per heavy atom. The molecule has 0 aromatic carbocycles. The first-order valence-corrected chi connectivity index (χ1v) is 6.35. The molecule has 1 N–H and O–H groups in total. The summed E-state index contributed by atoms with van der Waals surface area (Å²) in [7, 11) is 1.98. The van der Waals surface area contributed by atoms with Crippen LogP contribution in [0.3, 0.4) is 0 Å². The molecular formula is C12H23ClN2O2. The fraction of sp³-hybridized carbons (Fsp3) is 0.917. The number of piperidine rings is 1. The summed E-state index contributed by atoms with van der Waals surface area (Å²) in [4.78, 5) is 14.3. The topological polar surface area (TPSA) is 41.6 Å². The van der Waals surface area contributed by atoms with E-state index in [-0.39, 0.29) is 18.3 Å². The third-order valence-electron chi connectivity index (χ3n) is 3.71. The average molecular weight is 263 g/mol. The molecule has 0 bridgehead atoms. The lowest BCUT2D eigenvalue weighted by Gasteiger charge is -2.35. The standard InChI is InChI=1S/C12H22N2O2.ClH/c1-13-11-3-2-6-14(9-11)12(15)10-4-7-16-8-5-10;/h10-11,13H,2-9H2,1H3;1H/t11-;/m0./s1. The first-order chi connectivity index (χ1) is 7.81. The first-order valence-electron chi connectivity index (χ1n) is 6.35. The van der Waals surface area contributed by atoms with Crippen molar-refractivity contribution in [3.8, 4) is 0 Å². The van der Waals surface area contributed by atoms with E-state index >= 15 is 0 Å². The maximum atomic E-state index is 12.3. The summed E-state index contributed by atoms with van der Waals surface area (Å²) in [6.45, 7) is 3.32. The monoisotopic (exact) mass is 262 g/mol. The number of ether oxygens (including phenoxy) is 1. The Labute approximate surface area is 109 Å². The van der Waals surface area contributed by atoms with Gasteiger partial charge in [0.1, 0.15) is 0 Å². The third kappa shape index (κ3) is 3.83. The van der Waals surface area contributed by atoms with Gasteiger partial charge in [0.15, 0.2) is 0 Å². The van der Waals surface area contributed by atoms with Crippen LogP contribution in [0.15, 0.2) is 0 Å². The number of likely N-dealkylation sites (N-methyl/N-ethyl adjacent to an activating group) is 1. The maximum Gasteiger partial charge on any atom is 0.225 e. The molecule has 2 heterocycles. The molecule has 1 amide bonds. The van der Waals surface area contributed by atoms with Crippen LogP contribution >= 0.6 is 12.4 Å². The van der Waals surface area contributed by atoms with E-state index in [4.69, 9.17) is 4.74 Å². The Morgan fingerprint density at radius 2 is 2.00 bits per heavy atom. The second kappa shape index (κ2) is 7.19. The molecule has 100 valence electrons. The molecule has 2 aliphatic heterocycles. The normalized spacial score (nSPS) is 26.4. The highest BCUT2D eigenvalue weighted by atomic mass is 35.5. The molecular weight excluding hydrogens is 240 g/mol. The van der Waals surface area contributed by atoms with Gasteiger partial charge in [-0.15, -0.1) is 12.4 Å². The van der Waals surface area contributed by atoms with E-state index in [0.717, 1.165) is 45.6 Å². The van der Waals surface area contributed by atoms with Crippen molar-refractivity contribution in [2.45, 2.75) is 31.7 Å². The number of carbonyl (C=O) groups excluding carboxylic acids is 1. The van der Waals surface area contributed by atoms with Gasteiger partial charge in [0.05, 0.1) is 0 Å². The fourth-order valence-corrected chi connectivity index (χ4v) is 2.62. The van der Waals surface area contributed by atoms with Crippen molar-refractivity contribution < 1.29 is 9.53 Å². The predicted octanol–water partition coefficient (Wildman–Crippen LogP) is 1.05. The molecule has 0 aliphatic carbocycles. The number of halogens is 1. The van der Waals surface area contributed by atoms with Crippen molar-refractivity contribution in [1.29, 1.82) is 0 Å². The summed E-state index contributed by atoms with van der Waals surface area (Å²) >= 11 is 0. The van der Waals surface area contributed by atoms with E-state index in [1.54, 1.807) is 0 Å². The summed E-state index contributed by atoms with van der Waals surface area (Å²) in [6, 6.07) is 0.484. The molecule has 0 aromatic heterocycles. The van der Waals surface area contributed by atoms with Crippen molar-refractivity contribution >= 4 is 18.3 Å². The molecule has 2 aliphatic rings. The molecule has 0 radical (unpaired) electrons. The van der Waals surface area contributed by atoms with E-state index < -0.39 is 0 Å².